The highest BCUT2D eigenvalue weighted by Crippen LogP contribution is 2.32. The van der Waals surface area contributed by atoms with E-state index < -0.39 is 0 Å². The molecule has 1 aromatic carbocycles. The van der Waals surface area contributed by atoms with Crippen LogP contribution in [0.5, 0.6) is 0 Å². The van der Waals surface area contributed by atoms with Crippen molar-refractivity contribution in [2.75, 3.05) is 24.5 Å². The molecule has 1 amide bonds. The van der Waals surface area contributed by atoms with E-state index in [0.717, 1.165) is 55.8 Å². The van der Waals surface area contributed by atoms with Crippen molar-refractivity contribution in [3.63, 3.8) is 0 Å². The Kier molecular flexibility index (Phi) is 6.28. The number of amides is 1. The molecule has 1 aliphatic heterocycles. The van der Waals surface area contributed by atoms with Gasteiger partial charge in [0.05, 0.1) is 5.56 Å². The third-order valence-electron chi connectivity index (χ3n) is 5.24. The maximum atomic E-state index is 12.3. The van der Waals surface area contributed by atoms with E-state index >= 15 is 0 Å². The zero-order valence-corrected chi connectivity index (χ0v) is 17.6. The first kappa shape index (κ1) is 20.3. The molecule has 1 N–H and O–H groups in total. The lowest BCUT2D eigenvalue weighted by molar-refractivity contribution is -0.125. The molecule has 1 saturated heterocycles. The normalized spacial score (nSPS) is 14.7. The van der Waals surface area contributed by atoms with E-state index in [1.54, 1.807) is 18.3 Å². The number of benzene rings is 1. The Morgan fingerprint density at radius 2 is 2.10 bits per heavy atom. The van der Waals surface area contributed by atoms with Crippen molar-refractivity contribution in [3.05, 3.63) is 47.6 Å². The number of pyridine rings is 1. The molecule has 156 valence electrons. The smallest absolute Gasteiger partial charge is 0.261 e. The van der Waals surface area contributed by atoms with Gasteiger partial charge in [-0.3, -0.25) is 4.79 Å². The summed E-state index contributed by atoms with van der Waals surface area (Å²) in [6.45, 7) is 4.30. The molecule has 7 nitrogen and oxygen atoms in total. The highest BCUT2D eigenvalue weighted by Gasteiger charge is 2.27. The molecule has 1 fully saturated rings. The van der Waals surface area contributed by atoms with Crippen LogP contribution in [-0.2, 0) is 4.79 Å². The van der Waals surface area contributed by atoms with Gasteiger partial charge in [-0.15, -0.1) is 0 Å². The number of aromatic nitrogens is 3. The van der Waals surface area contributed by atoms with Gasteiger partial charge in [-0.2, -0.15) is 4.98 Å². The van der Waals surface area contributed by atoms with Crippen LogP contribution in [0, 0.1) is 5.92 Å². The van der Waals surface area contributed by atoms with Crippen LogP contribution in [0.3, 0.4) is 0 Å². The predicted octanol–water partition coefficient (Wildman–Crippen LogP) is 4.19. The average molecular weight is 426 g/mol. The second kappa shape index (κ2) is 9.26. The van der Waals surface area contributed by atoms with Gasteiger partial charge < -0.3 is 14.7 Å². The molecular weight excluding hydrogens is 402 g/mol. The van der Waals surface area contributed by atoms with Crippen molar-refractivity contribution >= 4 is 23.3 Å². The Bertz CT molecular complexity index is 1010. The molecule has 1 aliphatic rings. The number of hydrogen-bond acceptors (Lipinski definition) is 6. The van der Waals surface area contributed by atoms with Gasteiger partial charge in [0.2, 0.25) is 11.7 Å². The second-order valence-electron chi connectivity index (χ2n) is 7.36. The average Bonchev–Trinajstić information content (AvgIpc) is 3.28. The fourth-order valence-corrected chi connectivity index (χ4v) is 3.83. The molecule has 0 atom stereocenters. The third kappa shape index (κ3) is 4.46. The van der Waals surface area contributed by atoms with E-state index in [-0.39, 0.29) is 11.8 Å². The number of halogens is 1. The van der Waals surface area contributed by atoms with Crippen LogP contribution >= 0.6 is 11.6 Å². The Balaban J connectivity index is 1.51. The first-order chi connectivity index (χ1) is 14.7. The fraction of sp³-hybridized carbons (Fsp3) is 0.364. The second-order valence-corrected chi connectivity index (χ2v) is 7.80. The van der Waals surface area contributed by atoms with Crippen LogP contribution in [0.1, 0.15) is 26.2 Å². The molecule has 0 aliphatic carbocycles. The van der Waals surface area contributed by atoms with Gasteiger partial charge in [-0.25, -0.2) is 4.98 Å². The van der Waals surface area contributed by atoms with Crippen LogP contribution in [0.15, 0.2) is 47.1 Å². The largest absolute Gasteiger partial charge is 0.356 e. The van der Waals surface area contributed by atoms with Gasteiger partial charge in [0, 0.05) is 42.3 Å². The summed E-state index contributed by atoms with van der Waals surface area (Å²) in [7, 11) is 0. The van der Waals surface area contributed by atoms with Crippen molar-refractivity contribution in [3.8, 4) is 22.8 Å². The van der Waals surface area contributed by atoms with Crippen LogP contribution in [0.4, 0.5) is 5.82 Å². The van der Waals surface area contributed by atoms with Gasteiger partial charge in [-0.05, 0) is 43.5 Å². The molecule has 8 heteroatoms. The molecular formula is C22H24ClN5O2. The summed E-state index contributed by atoms with van der Waals surface area (Å²) in [5.41, 5.74) is 1.58. The highest BCUT2D eigenvalue weighted by molar-refractivity contribution is 6.30. The topological polar surface area (TPSA) is 84.2 Å². The molecule has 3 aromatic rings. The summed E-state index contributed by atoms with van der Waals surface area (Å²) >= 11 is 6.08. The molecule has 0 saturated carbocycles. The first-order valence-corrected chi connectivity index (χ1v) is 10.6. The zero-order valence-electron chi connectivity index (χ0n) is 16.8. The summed E-state index contributed by atoms with van der Waals surface area (Å²) < 4.78 is 5.55. The molecule has 0 unspecified atom stereocenters. The monoisotopic (exact) mass is 425 g/mol. The van der Waals surface area contributed by atoms with Gasteiger partial charge in [-0.1, -0.05) is 35.8 Å². The fourth-order valence-electron chi connectivity index (χ4n) is 3.64. The number of rotatable bonds is 6. The quantitative estimate of drug-likeness (QED) is 0.637. The highest BCUT2D eigenvalue weighted by atomic mass is 35.5. The van der Waals surface area contributed by atoms with E-state index in [0.29, 0.717) is 16.7 Å². The molecule has 0 spiro atoms. The lowest BCUT2D eigenvalue weighted by Crippen LogP contribution is -2.41. The summed E-state index contributed by atoms with van der Waals surface area (Å²) in [5.74, 6) is 1.90. The van der Waals surface area contributed by atoms with E-state index in [4.69, 9.17) is 16.1 Å². The first-order valence-electron chi connectivity index (χ1n) is 10.2. The van der Waals surface area contributed by atoms with Crippen LogP contribution < -0.4 is 10.2 Å². The summed E-state index contributed by atoms with van der Waals surface area (Å²) in [5, 5.41) is 7.73. The van der Waals surface area contributed by atoms with E-state index in [9.17, 15) is 4.79 Å². The summed E-state index contributed by atoms with van der Waals surface area (Å²) in [6, 6.07) is 11.1. The number of carbonyl (C=O) groups excluding carboxylic acids is 1. The summed E-state index contributed by atoms with van der Waals surface area (Å²) in [6.07, 6.45) is 4.29. The predicted molar refractivity (Wildman–Crippen MR) is 116 cm³/mol. The molecule has 0 radical (unpaired) electrons. The van der Waals surface area contributed by atoms with Crippen molar-refractivity contribution < 1.29 is 9.32 Å². The minimum absolute atomic E-state index is 0.0535. The van der Waals surface area contributed by atoms with Gasteiger partial charge in [0.1, 0.15) is 5.82 Å². The number of nitrogens with zero attached hydrogens (tertiary/aromatic N) is 4. The molecule has 3 heterocycles. The van der Waals surface area contributed by atoms with Gasteiger partial charge in [0.25, 0.3) is 5.89 Å². The Labute approximate surface area is 180 Å². The Morgan fingerprint density at radius 1 is 1.27 bits per heavy atom. The van der Waals surface area contributed by atoms with E-state index in [1.165, 1.54) is 0 Å². The number of nitrogens with one attached hydrogen (secondary N) is 1. The van der Waals surface area contributed by atoms with Crippen LogP contribution in [-0.4, -0.2) is 40.7 Å². The molecule has 0 bridgehead atoms. The van der Waals surface area contributed by atoms with Crippen molar-refractivity contribution in [2.45, 2.75) is 26.2 Å². The Morgan fingerprint density at radius 3 is 2.87 bits per heavy atom. The maximum absolute atomic E-state index is 12.3. The van der Waals surface area contributed by atoms with Crippen molar-refractivity contribution in [1.29, 1.82) is 0 Å². The zero-order chi connectivity index (χ0) is 20.9. The maximum Gasteiger partial charge on any atom is 0.261 e. The minimum Gasteiger partial charge on any atom is -0.356 e. The van der Waals surface area contributed by atoms with Crippen LogP contribution in [0.2, 0.25) is 5.02 Å². The number of anilines is 1. The van der Waals surface area contributed by atoms with Gasteiger partial charge in [0.15, 0.2) is 0 Å². The lowest BCUT2D eigenvalue weighted by atomic mass is 9.95. The van der Waals surface area contributed by atoms with E-state index in [2.05, 4.69) is 32.3 Å². The van der Waals surface area contributed by atoms with Crippen molar-refractivity contribution in [2.24, 2.45) is 5.92 Å². The number of hydrogen-bond donors (Lipinski definition) is 1. The third-order valence-corrected chi connectivity index (χ3v) is 5.48. The molecule has 4 rings (SSSR count). The Hall–Kier alpha value is -2.93. The molecule has 2 aromatic heterocycles. The van der Waals surface area contributed by atoms with Crippen LogP contribution in [0.25, 0.3) is 22.8 Å². The lowest BCUT2D eigenvalue weighted by Gasteiger charge is -2.32. The molecule has 30 heavy (non-hydrogen) atoms. The standard InChI is InChI=1S/C22H24ClN5O2/c1-2-10-25-21(29)15-8-12-28(13-9-15)20-18(7-4-11-24-20)22-26-19(27-30-22)16-5-3-6-17(23)14-16/h3-7,11,14-15H,2,8-10,12-13H2,1H3,(H,25,29). The van der Waals surface area contributed by atoms with E-state index in [1.807, 2.05) is 24.3 Å². The minimum atomic E-state index is 0.0535. The van der Waals surface area contributed by atoms with Crippen molar-refractivity contribution in [1.82, 2.24) is 20.4 Å². The SMILES string of the molecule is CCCNC(=O)C1CCN(c2ncccc2-c2nc(-c3cccc(Cl)c3)no2)CC1. The number of piperidine rings is 1. The number of carbonyl (C=O) groups is 1. The van der Waals surface area contributed by atoms with Gasteiger partial charge >= 0.3 is 0 Å². The summed E-state index contributed by atoms with van der Waals surface area (Å²) in [4.78, 5) is 23.6.